The molecule has 7 nitrogen and oxygen atoms in total. The maximum Gasteiger partial charge on any atom is 0.268 e. The smallest absolute Gasteiger partial charge is 0.268 e. The van der Waals surface area contributed by atoms with Gasteiger partial charge in [0.2, 0.25) is 0 Å². The van der Waals surface area contributed by atoms with Crippen molar-refractivity contribution in [2.24, 2.45) is 0 Å². The largest absolute Gasteiger partial charge is 0.756 e. The molecule has 0 aromatic heterocycles. The molecule has 0 heterocycles. The van der Waals surface area contributed by atoms with E-state index >= 15 is 0 Å². The lowest BCUT2D eigenvalue weighted by molar-refractivity contribution is -0.870. The summed E-state index contributed by atoms with van der Waals surface area (Å²) in [6.07, 6.45) is 8.78. The predicted octanol–water partition coefficient (Wildman–Crippen LogP) is 2.71. The lowest BCUT2D eigenvalue weighted by atomic mass is 10.1. The molecular weight excluding hydrogens is 357 g/mol. The Morgan fingerprint density at radius 2 is 1.50 bits per heavy atom. The summed E-state index contributed by atoms with van der Waals surface area (Å²) in [5, 5.41) is 9.72. The first-order valence-electron chi connectivity index (χ1n) is 9.82. The van der Waals surface area contributed by atoms with Gasteiger partial charge in [0.25, 0.3) is 7.82 Å². The van der Waals surface area contributed by atoms with Gasteiger partial charge in [-0.3, -0.25) is 4.57 Å². The van der Waals surface area contributed by atoms with Crippen molar-refractivity contribution in [2.45, 2.75) is 64.4 Å². The van der Waals surface area contributed by atoms with Crippen LogP contribution in [0.2, 0.25) is 0 Å². The lowest BCUT2D eigenvalue weighted by Crippen LogP contribution is -2.37. The van der Waals surface area contributed by atoms with Gasteiger partial charge in [0.05, 0.1) is 34.4 Å². The minimum Gasteiger partial charge on any atom is -0.756 e. The second kappa shape index (κ2) is 15.0. The predicted molar refractivity (Wildman–Crippen MR) is 102 cm³/mol. The molecule has 2 atom stereocenters. The molecule has 0 aliphatic heterocycles. The Morgan fingerprint density at radius 1 is 0.923 bits per heavy atom. The maximum atomic E-state index is 11.6. The fourth-order valence-corrected chi connectivity index (χ4v) is 2.98. The van der Waals surface area contributed by atoms with Crippen molar-refractivity contribution in [3.05, 3.63) is 0 Å². The van der Waals surface area contributed by atoms with Crippen LogP contribution in [0.5, 0.6) is 0 Å². The molecule has 0 spiro atoms. The Bertz CT molecular complexity index is 375. The quantitative estimate of drug-likeness (QED) is 0.217. The van der Waals surface area contributed by atoms with Gasteiger partial charge in [-0.05, 0) is 6.42 Å². The third-order valence-corrected chi connectivity index (χ3v) is 4.85. The van der Waals surface area contributed by atoms with Gasteiger partial charge in [0.1, 0.15) is 19.3 Å². The van der Waals surface area contributed by atoms with E-state index in [0.29, 0.717) is 17.6 Å². The molecule has 0 amide bonds. The van der Waals surface area contributed by atoms with Crippen molar-refractivity contribution >= 4 is 7.82 Å². The van der Waals surface area contributed by atoms with E-state index in [2.05, 4.69) is 11.4 Å². The summed E-state index contributed by atoms with van der Waals surface area (Å²) in [4.78, 5) is 11.6. The number of aliphatic hydroxyl groups is 1. The number of quaternary nitrogens is 1. The number of hydrogen-bond donors (Lipinski definition) is 1. The number of likely N-dealkylation sites (N-methyl/N-ethyl adjacent to an activating group) is 1. The Labute approximate surface area is 159 Å². The van der Waals surface area contributed by atoms with Crippen molar-refractivity contribution < 1.29 is 32.8 Å². The number of phosphoric ester groups is 1. The second-order valence-electron chi connectivity index (χ2n) is 7.79. The fourth-order valence-electron chi connectivity index (χ4n) is 2.25. The van der Waals surface area contributed by atoms with Crippen LogP contribution in [0, 0.1) is 0 Å². The van der Waals surface area contributed by atoms with Crippen LogP contribution in [-0.4, -0.2) is 69.8 Å². The molecule has 158 valence electrons. The molecule has 0 radical (unpaired) electrons. The number of rotatable bonds is 18. The Balaban J connectivity index is 3.55. The van der Waals surface area contributed by atoms with E-state index in [4.69, 9.17) is 9.26 Å². The number of ether oxygens (including phenoxy) is 1. The highest BCUT2D eigenvalue weighted by atomic mass is 31.2. The molecule has 0 saturated carbocycles. The first kappa shape index (κ1) is 26.0. The molecule has 0 aliphatic rings. The first-order valence-corrected chi connectivity index (χ1v) is 11.3. The zero-order valence-corrected chi connectivity index (χ0v) is 18.0. The average molecular weight is 397 g/mol. The summed E-state index contributed by atoms with van der Waals surface area (Å²) in [6.45, 7) is 3.10. The molecule has 0 fully saturated rings. The molecule has 8 heteroatoms. The van der Waals surface area contributed by atoms with Crippen molar-refractivity contribution in [3.63, 3.8) is 0 Å². The second-order valence-corrected chi connectivity index (χ2v) is 9.20. The maximum absolute atomic E-state index is 11.6. The topological polar surface area (TPSA) is 88.0 Å². The van der Waals surface area contributed by atoms with Gasteiger partial charge in [-0.25, -0.2) is 0 Å². The summed E-state index contributed by atoms with van der Waals surface area (Å²) in [5.74, 6) is 0. The third-order valence-electron chi connectivity index (χ3n) is 3.89. The highest BCUT2D eigenvalue weighted by Gasteiger charge is 2.15. The molecule has 26 heavy (non-hydrogen) atoms. The molecule has 0 bridgehead atoms. The summed E-state index contributed by atoms with van der Waals surface area (Å²) in [6, 6.07) is 0. The molecule has 0 rings (SSSR count). The zero-order valence-electron chi connectivity index (χ0n) is 17.2. The minimum atomic E-state index is -4.37. The van der Waals surface area contributed by atoms with E-state index in [1.165, 1.54) is 38.5 Å². The SMILES string of the molecule is CCCCCCCCCCOCC(O)COP(=O)([O-])OCC[N+](C)(C)C. The van der Waals surface area contributed by atoms with Gasteiger partial charge in [0, 0.05) is 6.61 Å². The van der Waals surface area contributed by atoms with Crippen LogP contribution >= 0.6 is 7.82 Å². The van der Waals surface area contributed by atoms with E-state index in [1.807, 2.05) is 21.1 Å². The highest BCUT2D eigenvalue weighted by molar-refractivity contribution is 7.45. The van der Waals surface area contributed by atoms with Gasteiger partial charge < -0.3 is 28.3 Å². The lowest BCUT2D eigenvalue weighted by Gasteiger charge is -2.27. The molecule has 0 saturated heterocycles. The van der Waals surface area contributed by atoms with Gasteiger partial charge >= 0.3 is 0 Å². The summed E-state index contributed by atoms with van der Waals surface area (Å²) in [5.41, 5.74) is 0. The number of phosphoric acid groups is 1. The van der Waals surface area contributed by atoms with Crippen molar-refractivity contribution in [1.82, 2.24) is 0 Å². The highest BCUT2D eigenvalue weighted by Crippen LogP contribution is 2.38. The fraction of sp³-hybridized carbons (Fsp3) is 1.00. The third kappa shape index (κ3) is 18.8. The summed E-state index contributed by atoms with van der Waals surface area (Å²) >= 11 is 0. The van der Waals surface area contributed by atoms with E-state index < -0.39 is 13.9 Å². The van der Waals surface area contributed by atoms with Gasteiger partial charge in [-0.1, -0.05) is 51.9 Å². The molecule has 0 aliphatic carbocycles. The first-order chi connectivity index (χ1) is 12.2. The standard InChI is InChI=1S/C18H40NO6P/c1-5-6-7-8-9-10-11-12-14-23-16-18(20)17-25-26(21,22)24-15-13-19(2,3)4/h18,20H,5-17H2,1-4H3. The Morgan fingerprint density at radius 3 is 2.08 bits per heavy atom. The molecular formula is C18H40NO6P. The molecule has 0 aromatic rings. The van der Waals surface area contributed by atoms with E-state index in [-0.39, 0.29) is 19.8 Å². The summed E-state index contributed by atoms with van der Waals surface area (Å²) in [7, 11) is 1.44. The van der Waals surface area contributed by atoms with E-state index in [1.54, 1.807) is 0 Å². The zero-order chi connectivity index (χ0) is 19.9. The normalized spacial score (nSPS) is 15.8. The van der Waals surface area contributed by atoms with Gasteiger partial charge in [0.15, 0.2) is 0 Å². The average Bonchev–Trinajstić information content (AvgIpc) is 2.53. The van der Waals surface area contributed by atoms with Crippen LogP contribution in [0.1, 0.15) is 58.3 Å². The van der Waals surface area contributed by atoms with Crippen LogP contribution in [-0.2, 0) is 18.3 Å². The number of hydrogen-bond acceptors (Lipinski definition) is 6. The van der Waals surface area contributed by atoms with E-state index in [9.17, 15) is 14.6 Å². The molecule has 0 aromatic carbocycles. The molecule has 2 unspecified atom stereocenters. The number of nitrogens with zero attached hydrogens (tertiary/aromatic N) is 1. The van der Waals surface area contributed by atoms with Crippen molar-refractivity contribution in [1.29, 1.82) is 0 Å². The van der Waals surface area contributed by atoms with E-state index in [0.717, 1.165) is 12.8 Å². The number of unbranched alkanes of at least 4 members (excludes halogenated alkanes) is 7. The van der Waals surface area contributed by atoms with Crippen LogP contribution < -0.4 is 4.89 Å². The van der Waals surface area contributed by atoms with Gasteiger partial charge in [-0.15, -0.1) is 0 Å². The van der Waals surface area contributed by atoms with Crippen molar-refractivity contribution in [2.75, 3.05) is 54.1 Å². The van der Waals surface area contributed by atoms with Crippen LogP contribution in [0.4, 0.5) is 0 Å². The van der Waals surface area contributed by atoms with Gasteiger partial charge in [-0.2, -0.15) is 0 Å². The number of aliphatic hydroxyl groups excluding tert-OH is 1. The van der Waals surface area contributed by atoms with Crippen LogP contribution in [0.25, 0.3) is 0 Å². The minimum absolute atomic E-state index is 0.0509. The van der Waals surface area contributed by atoms with Crippen molar-refractivity contribution in [3.8, 4) is 0 Å². The van der Waals surface area contributed by atoms with Crippen LogP contribution in [0.3, 0.4) is 0 Å². The Hall–Kier alpha value is -0.0100. The van der Waals surface area contributed by atoms with Crippen LogP contribution in [0.15, 0.2) is 0 Å². The monoisotopic (exact) mass is 397 g/mol. The Kier molecular flexibility index (Phi) is 15.0. The molecule has 1 N–H and O–H groups in total. The summed E-state index contributed by atoms with van der Waals surface area (Å²) < 4.78 is 27.0.